The molecule has 0 radical (unpaired) electrons. The number of anilines is 6. The molecule has 0 aliphatic carbocycles. The molecule has 278 valence electrons. The molecule has 0 spiro atoms. The van der Waals surface area contributed by atoms with Gasteiger partial charge in [-0.25, -0.2) is 0 Å². The lowest BCUT2D eigenvalue weighted by molar-refractivity contribution is 1.23. The molecule has 0 unspecified atom stereocenters. The summed E-state index contributed by atoms with van der Waals surface area (Å²) < 4.78 is 0. The topological polar surface area (TPSA) is 6.48 Å². The summed E-state index contributed by atoms with van der Waals surface area (Å²) >= 11 is 0. The lowest BCUT2D eigenvalue weighted by Gasteiger charge is -2.28. The first kappa shape index (κ1) is 37.9. The minimum atomic E-state index is 1.15. The van der Waals surface area contributed by atoms with Crippen LogP contribution in [0.4, 0.5) is 34.1 Å². The highest BCUT2D eigenvalue weighted by Gasteiger charge is 2.17. The normalized spacial score (nSPS) is 11.4. The van der Waals surface area contributed by atoms with Gasteiger partial charge in [0.2, 0.25) is 0 Å². The Morgan fingerprint density at radius 3 is 0.964 bits per heavy atom. The van der Waals surface area contributed by atoms with E-state index in [9.17, 15) is 0 Å². The minimum absolute atomic E-state index is 1.15. The average Bonchev–Trinajstić information content (AvgIpc) is 3.18. The zero-order chi connectivity index (χ0) is 39.3. The molecule has 0 fully saturated rings. The summed E-state index contributed by atoms with van der Waals surface area (Å²) in [5.41, 5.74) is 21.8. The lowest BCUT2D eigenvalue weighted by Crippen LogP contribution is -2.11. The smallest absolute Gasteiger partial charge is 0.0490 e. The maximum Gasteiger partial charge on any atom is 0.0490 e. The van der Waals surface area contributed by atoms with Crippen molar-refractivity contribution in [3.63, 3.8) is 0 Å². The molecule has 7 rings (SSSR count). The van der Waals surface area contributed by atoms with Crippen molar-refractivity contribution < 1.29 is 0 Å². The second kappa shape index (κ2) is 16.6. The second-order valence-corrected chi connectivity index (χ2v) is 15.3. The van der Waals surface area contributed by atoms with Crippen LogP contribution in [0.2, 0.25) is 0 Å². The van der Waals surface area contributed by atoms with Crippen LogP contribution < -0.4 is 9.80 Å². The van der Waals surface area contributed by atoms with Crippen molar-refractivity contribution in [2.75, 3.05) is 9.80 Å². The molecule has 0 saturated carbocycles. The van der Waals surface area contributed by atoms with E-state index in [2.05, 4.69) is 235 Å². The van der Waals surface area contributed by atoms with Gasteiger partial charge in [0, 0.05) is 34.1 Å². The Balaban J connectivity index is 1.07. The predicted molar refractivity (Wildman–Crippen MR) is 244 cm³/mol. The molecule has 0 heterocycles. The molecular weight excluding hydrogens is 677 g/mol. The summed E-state index contributed by atoms with van der Waals surface area (Å²) in [6.45, 7) is 17.4. The maximum atomic E-state index is 2.36. The Hall–Kier alpha value is -6.38. The van der Waals surface area contributed by atoms with Gasteiger partial charge in [-0.15, -0.1) is 0 Å². The van der Waals surface area contributed by atoms with E-state index in [0.29, 0.717) is 0 Å². The third-order valence-corrected chi connectivity index (χ3v) is 10.6. The molecule has 2 heteroatoms. The van der Waals surface area contributed by atoms with E-state index in [0.717, 1.165) is 22.7 Å². The Kier molecular flexibility index (Phi) is 11.2. The van der Waals surface area contributed by atoms with Crippen LogP contribution in [0.25, 0.3) is 24.3 Å². The summed E-state index contributed by atoms with van der Waals surface area (Å²) in [4.78, 5) is 4.73. The number of aryl methyl sites for hydroxylation is 8. The van der Waals surface area contributed by atoms with Gasteiger partial charge >= 0.3 is 0 Å². The molecule has 0 amide bonds. The summed E-state index contributed by atoms with van der Waals surface area (Å²) in [6.07, 6.45) is 8.85. The molecule has 2 nitrogen and oxygen atoms in total. The Morgan fingerprint density at radius 2 is 0.625 bits per heavy atom. The van der Waals surface area contributed by atoms with Gasteiger partial charge in [-0.3, -0.25) is 0 Å². The zero-order valence-electron chi connectivity index (χ0n) is 34.1. The van der Waals surface area contributed by atoms with Crippen molar-refractivity contribution in [2.45, 2.75) is 55.4 Å². The van der Waals surface area contributed by atoms with Gasteiger partial charge in [-0.05, 0) is 161 Å². The number of rotatable bonds is 10. The largest absolute Gasteiger partial charge is 0.310 e. The van der Waals surface area contributed by atoms with Crippen molar-refractivity contribution in [3.05, 3.63) is 212 Å². The highest BCUT2D eigenvalue weighted by atomic mass is 15.1. The van der Waals surface area contributed by atoms with Gasteiger partial charge in [-0.1, -0.05) is 131 Å². The number of benzene rings is 7. The molecule has 0 saturated heterocycles. The maximum absolute atomic E-state index is 2.36. The summed E-state index contributed by atoms with van der Waals surface area (Å²) in [7, 11) is 0. The van der Waals surface area contributed by atoms with Crippen LogP contribution in [-0.2, 0) is 0 Å². The zero-order valence-corrected chi connectivity index (χ0v) is 34.1. The van der Waals surface area contributed by atoms with Gasteiger partial charge in [0.25, 0.3) is 0 Å². The van der Waals surface area contributed by atoms with Gasteiger partial charge in [-0.2, -0.15) is 0 Å². The first-order valence-corrected chi connectivity index (χ1v) is 19.6. The highest BCUT2D eigenvalue weighted by molar-refractivity contribution is 5.83. The van der Waals surface area contributed by atoms with Crippen LogP contribution >= 0.6 is 0 Å². The van der Waals surface area contributed by atoms with Crippen LogP contribution in [0.1, 0.15) is 66.8 Å². The van der Waals surface area contributed by atoms with Gasteiger partial charge in [0.15, 0.2) is 0 Å². The summed E-state index contributed by atoms with van der Waals surface area (Å²) in [6, 6.07) is 53.3. The van der Waals surface area contributed by atoms with E-state index in [1.807, 2.05) is 0 Å². The summed E-state index contributed by atoms with van der Waals surface area (Å²) in [5.74, 6) is 0. The average molecular weight is 729 g/mol. The van der Waals surface area contributed by atoms with E-state index in [1.54, 1.807) is 0 Å². The van der Waals surface area contributed by atoms with E-state index in [4.69, 9.17) is 0 Å². The summed E-state index contributed by atoms with van der Waals surface area (Å²) in [5, 5.41) is 0. The van der Waals surface area contributed by atoms with Crippen LogP contribution in [0.5, 0.6) is 0 Å². The molecule has 0 aromatic heterocycles. The van der Waals surface area contributed by atoms with Crippen molar-refractivity contribution in [1.82, 2.24) is 0 Å². The molecule has 56 heavy (non-hydrogen) atoms. The van der Waals surface area contributed by atoms with Gasteiger partial charge < -0.3 is 9.80 Å². The third-order valence-electron chi connectivity index (χ3n) is 10.6. The fourth-order valence-electron chi connectivity index (χ4n) is 7.42. The quantitative estimate of drug-likeness (QED) is 0.129. The standard InChI is InChI=1S/C54H52N2/c1-37-9-25-49(26-10-37)55(53-31-13-39(3)33-43(53)7)51-29-23-47(41(5)35-51)21-19-45-15-17-46(18-16-45)20-22-48-24-30-52(36-42(48)6)56(50-27-11-38(2)12-28-50)54-32-14-40(4)34-44(54)8/h9-36H,1-8H3. The lowest BCUT2D eigenvalue weighted by atomic mass is 10.0. The van der Waals surface area contributed by atoms with E-state index < -0.39 is 0 Å². The number of hydrogen-bond acceptors (Lipinski definition) is 2. The predicted octanol–water partition coefficient (Wildman–Crippen LogP) is 15.4. The number of hydrogen-bond donors (Lipinski definition) is 0. The van der Waals surface area contributed by atoms with Gasteiger partial charge in [0.1, 0.15) is 0 Å². The second-order valence-electron chi connectivity index (χ2n) is 15.3. The first-order chi connectivity index (χ1) is 27.0. The van der Waals surface area contributed by atoms with Crippen LogP contribution in [0, 0.1) is 55.4 Å². The monoisotopic (exact) mass is 728 g/mol. The van der Waals surface area contributed by atoms with Crippen molar-refractivity contribution in [2.24, 2.45) is 0 Å². The fourth-order valence-corrected chi connectivity index (χ4v) is 7.42. The SMILES string of the molecule is Cc1ccc(N(c2ccc(C=Cc3ccc(C=Cc4ccc(N(c5ccc(C)cc5)c5ccc(C)cc5C)cc4C)cc3)c(C)c2)c2ccc(C)cc2C)cc1. The highest BCUT2D eigenvalue weighted by Crippen LogP contribution is 2.39. The molecule has 0 aliphatic rings. The Morgan fingerprint density at radius 1 is 0.286 bits per heavy atom. The number of nitrogens with zero attached hydrogens (tertiary/aromatic N) is 2. The first-order valence-electron chi connectivity index (χ1n) is 19.6. The Labute approximate surface area is 334 Å². The third kappa shape index (κ3) is 8.61. The van der Waals surface area contributed by atoms with E-state index in [1.165, 1.54) is 78.1 Å². The van der Waals surface area contributed by atoms with Crippen molar-refractivity contribution in [1.29, 1.82) is 0 Å². The molecular formula is C54H52N2. The molecule has 0 bridgehead atoms. The van der Waals surface area contributed by atoms with E-state index >= 15 is 0 Å². The molecule has 0 N–H and O–H groups in total. The fraction of sp³-hybridized carbons (Fsp3) is 0.148. The molecule has 0 aliphatic heterocycles. The molecule has 7 aromatic rings. The van der Waals surface area contributed by atoms with Gasteiger partial charge in [0.05, 0.1) is 0 Å². The minimum Gasteiger partial charge on any atom is -0.310 e. The van der Waals surface area contributed by atoms with Crippen molar-refractivity contribution in [3.8, 4) is 0 Å². The molecule has 7 aromatic carbocycles. The van der Waals surface area contributed by atoms with Crippen molar-refractivity contribution >= 4 is 58.4 Å². The van der Waals surface area contributed by atoms with Crippen LogP contribution in [0.15, 0.2) is 146 Å². The Bertz CT molecular complexity index is 2350. The van der Waals surface area contributed by atoms with Crippen LogP contribution in [0.3, 0.4) is 0 Å². The molecule has 0 atom stereocenters. The van der Waals surface area contributed by atoms with E-state index in [-0.39, 0.29) is 0 Å². The van der Waals surface area contributed by atoms with Crippen LogP contribution in [-0.4, -0.2) is 0 Å².